The minimum atomic E-state index is -0.817. The lowest BCUT2D eigenvalue weighted by atomic mass is 10.0. The summed E-state index contributed by atoms with van der Waals surface area (Å²) in [5.74, 6) is -0.801. The molecule has 2 saturated heterocycles. The summed E-state index contributed by atoms with van der Waals surface area (Å²) in [7, 11) is 0. The van der Waals surface area contributed by atoms with E-state index in [9.17, 15) is 19.5 Å². The molecule has 0 aliphatic carbocycles. The normalized spacial score (nSPS) is 18.8. The number of rotatable bonds is 14. The number of hydrogen-bond donors (Lipinski definition) is 2. The summed E-state index contributed by atoms with van der Waals surface area (Å²) in [4.78, 5) is 42.3. The number of nitrogens with zero attached hydrogens (tertiary/aromatic N) is 2. The summed E-state index contributed by atoms with van der Waals surface area (Å²) in [6.45, 7) is 6.39. The molecule has 0 bridgehead atoms. The first-order valence-electron chi connectivity index (χ1n) is 13.5. The molecule has 39 heavy (non-hydrogen) atoms. The molecule has 11 heteroatoms. The minimum absolute atomic E-state index is 0.00377. The average molecular weight is 560 g/mol. The van der Waals surface area contributed by atoms with E-state index in [4.69, 9.17) is 14.2 Å². The monoisotopic (exact) mass is 559 g/mol. The Balaban J connectivity index is 1.25. The molecule has 2 fully saturated rings. The largest absolute Gasteiger partial charge is 0.460 e. The van der Waals surface area contributed by atoms with Crippen molar-refractivity contribution in [3.05, 3.63) is 51.7 Å². The number of nitrogens with one attached hydrogen (secondary N) is 1. The number of unbranched alkanes of at least 4 members (excludes halogenated alkanes) is 2. The zero-order chi connectivity index (χ0) is 27.6. The number of morpholine rings is 1. The van der Waals surface area contributed by atoms with Gasteiger partial charge in [-0.3, -0.25) is 19.9 Å². The first-order valence-corrected chi connectivity index (χ1v) is 14.3. The van der Waals surface area contributed by atoms with Gasteiger partial charge in [0.1, 0.15) is 17.5 Å². The topological polar surface area (TPSA) is 118 Å². The van der Waals surface area contributed by atoms with Gasteiger partial charge in [0.25, 0.3) is 5.91 Å². The fourth-order valence-corrected chi connectivity index (χ4v) is 5.41. The fraction of sp³-hybridized carbons (Fsp3) is 0.536. The van der Waals surface area contributed by atoms with Gasteiger partial charge >= 0.3 is 12.0 Å². The van der Waals surface area contributed by atoms with Crippen molar-refractivity contribution in [3.63, 3.8) is 0 Å². The second kappa shape index (κ2) is 14.5. The SMILES string of the molecule is CCCCCC(O)c1ccc(N2C(=O)NC(=O)[C@@H]2COCc2ccc(C(=O)OCCN3CCOCC3)s2)cc1. The van der Waals surface area contributed by atoms with E-state index in [-0.39, 0.29) is 19.2 Å². The van der Waals surface area contributed by atoms with Gasteiger partial charge in [-0.15, -0.1) is 11.3 Å². The molecule has 2 aliphatic rings. The van der Waals surface area contributed by atoms with E-state index in [0.29, 0.717) is 43.4 Å². The maximum Gasteiger partial charge on any atom is 0.348 e. The molecule has 212 valence electrons. The second-order valence-corrected chi connectivity index (χ2v) is 10.8. The van der Waals surface area contributed by atoms with Gasteiger partial charge in [0.05, 0.1) is 32.5 Å². The smallest absolute Gasteiger partial charge is 0.348 e. The summed E-state index contributed by atoms with van der Waals surface area (Å²) >= 11 is 1.28. The van der Waals surface area contributed by atoms with E-state index in [1.807, 2.05) is 0 Å². The van der Waals surface area contributed by atoms with Gasteiger partial charge in [-0.25, -0.2) is 9.59 Å². The lowest BCUT2D eigenvalue weighted by Gasteiger charge is -2.26. The van der Waals surface area contributed by atoms with Crippen molar-refractivity contribution in [3.8, 4) is 0 Å². The summed E-state index contributed by atoms with van der Waals surface area (Å²) in [6.07, 6.45) is 3.23. The number of esters is 1. The molecule has 2 N–H and O–H groups in total. The van der Waals surface area contributed by atoms with Crippen molar-refractivity contribution >= 4 is 34.9 Å². The molecule has 1 aromatic carbocycles. The zero-order valence-corrected chi connectivity index (χ0v) is 23.1. The number of carbonyl (C=O) groups excluding carboxylic acids is 3. The van der Waals surface area contributed by atoms with E-state index in [2.05, 4.69) is 17.1 Å². The molecular formula is C28H37N3O7S. The van der Waals surface area contributed by atoms with Gasteiger partial charge in [0.15, 0.2) is 0 Å². The first kappa shape index (κ1) is 29.2. The Hall–Kier alpha value is -2.83. The van der Waals surface area contributed by atoms with Gasteiger partial charge in [0, 0.05) is 30.2 Å². The molecule has 1 aromatic heterocycles. The molecule has 0 spiro atoms. The summed E-state index contributed by atoms with van der Waals surface area (Å²) in [5.41, 5.74) is 1.33. The van der Waals surface area contributed by atoms with Crippen LogP contribution in [0.2, 0.25) is 0 Å². The highest BCUT2D eigenvalue weighted by molar-refractivity contribution is 7.13. The van der Waals surface area contributed by atoms with Crippen LogP contribution in [0.4, 0.5) is 10.5 Å². The summed E-state index contributed by atoms with van der Waals surface area (Å²) < 4.78 is 16.5. The summed E-state index contributed by atoms with van der Waals surface area (Å²) in [6, 6.07) is 9.22. The van der Waals surface area contributed by atoms with Crippen molar-refractivity contribution in [2.24, 2.45) is 0 Å². The van der Waals surface area contributed by atoms with E-state index in [0.717, 1.165) is 42.8 Å². The van der Waals surface area contributed by atoms with Crippen LogP contribution in [-0.4, -0.2) is 80.0 Å². The fourth-order valence-electron chi connectivity index (χ4n) is 4.57. The molecule has 3 amide bonds. The van der Waals surface area contributed by atoms with Crippen LogP contribution in [-0.2, 0) is 25.6 Å². The lowest BCUT2D eigenvalue weighted by Crippen LogP contribution is -2.38. The van der Waals surface area contributed by atoms with E-state index < -0.39 is 24.1 Å². The Kier molecular flexibility index (Phi) is 10.9. The van der Waals surface area contributed by atoms with Crippen LogP contribution < -0.4 is 10.2 Å². The Labute approximate surface area is 232 Å². The van der Waals surface area contributed by atoms with Crippen molar-refractivity contribution in [2.45, 2.75) is 51.4 Å². The number of thiophene rings is 1. The molecule has 2 atom stereocenters. The molecule has 1 unspecified atom stereocenters. The zero-order valence-electron chi connectivity index (χ0n) is 22.3. The van der Waals surface area contributed by atoms with Gasteiger partial charge < -0.3 is 19.3 Å². The Morgan fingerprint density at radius 3 is 2.67 bits per heavy atom. The van der Waals surface area contributed by atoms with Crippen LogP contribution in [0, 0.1) is 0 Å². The molecule has 10 nitrogen and oxygen atoms in total. The quantitative estimate of drug-likeness (QED) is 0.205. The maximum atomic E-state index is 12.5. The van der Waals surface area contributed by atoms with Gasteiger partial charge in [0.2, 0.25) is 0 Å². The highest BCUT2D eigenvalue weighted by atomic mass is 32.1. The highest BCUT2D eigenvalue weighted by Crippen LogP contribution is 2.26. The summed E-state index contributed by atoms with van der Waals surface area (Å²) in [5, 5.41) is 12.8. The maximum absolute atomic E-state index is 12.5. The Morgan fingerprint density at radius 2 is 1.92 bits per heavy atom. The van der Waals surface area contributed by atoms with Crippen molar-refractivity contribution < 1.29 is 33.7 Å². The number of aliphatic hydroxyl groups excluding tert-OH is 1. The molecule has 0 saturated carbocycles. The number of amides is 3. The molecule has 2 aliphatic heterocycles. The average Bonchev–Trinajstić information content (AvgIpc) is 3.53. The van der Waals surface area contributed by atoms with Crippen molar-refractivity contribution in [2.75, 3.05) is 51.0 Å². The first-order chi connectivity index (χ1) is 19.0. The third kappa shape index (κ3) is 8.09. The van der Waals surface area contributed by atoms with Crippen LogP contribution in [0.25, 0.3) is 0 Å². The predicted octanol–water partition coefficient (Wildman–Crippen LogP) is 3.49. The number of urea groups is 1. The van der Waals surface area contributed by atoms with Crippen LogP contribution in [0.15, 0.2) is 36.4 Å². The van der Waals surface area contributed by atoms with Gasteiger partial charge in [-0.2, -0.15) is 0 Å². The van der Waals surface area contributed by atoms with Gasteiger partial charge in [-0.05, 0) is 36.2 Å². The molecule has 4 rings (SSSR count). The predicted molar refractivity (Wildman–Crippen MR) is 147 cm³/mol. The Bertz CT molecular complexity index is 1100. The minimum Gasteiger partial charge on any atom is -0.460 e. The number of benzene rings is 1. The molecule has 3 heterocycles. The third-order valence-corrected chi connectivity index (χ3v) is 7.87. The molecule has 2 aromatic rings. The highest BCUT2D eigenvalue weighted by Gasteiger charge is 2.39. The van der Waals surface area contributed by atoms with Gasteiger partial charge in [-0.1, -0.05) is 38.3 Å². The third-order valence-electron chi connectivity index (χ3n) is 6.83. The number of aliphatic hydroxyl groups is 1. The molecule has 0 radical (unpaired) electrons. The Morgan fingerprint density at radius 1 is 1.15 bits per heavy atom. The molecular weight excluding hydrogens is 522 g/mol. The van der Waals surface area contributed by atoms with Crippen LogP contribution >= 0.6 is 11.3 Å². The van der Waals surface area contributed by atoms with Crippen LogP contribution in [0.3, 0.4) is 0 Å². The van der Waals surface area contributed by atoms with Crippen LogP contribution in [0.1, 0.15) is 58.8 Å². The number of hydrogen-bond acceptors (Lipinski definition) is 9. The second-order valence-electron chi connectivity index (χ2n) is 9.65. The number of carbonyl (C=O) groups is 3. The van der Waals surface area contributed by atoms with E-state index in [1.165, 1.54) is 16.2 Å². The lowest BCUT2D eigenvalue weighted by molar-refractivity contribution is -0.121. The number of ether oxygens (including phenoxy) is 3. The standard InChI is InChI=1S/C28H37N3O7S/c1-2-3-4-5-24(32)20-6-8-21(9-7-20)31-23(26(33)29-28(31)35)19-37-18-22-10-11-25(39-22)27(34)38-17-14-30-12-15-36-16-13-30/h6-11,23-24,32H,2-5,12-19H2,1H3,(H,29,33,35)/t23-,24?/m0/s1. The van der Waals surface area contributed by atoms with E-state index in [1.54, 1.807) is 36.4 Å². The number of anilines is 1. The van der Waals surface area contributed by atoms with Crippen LogP contribution in [0.5, 0.6) is 0 Å². The number of imide groups is 1. The van der Waals surface area contributed by atoms with Crippen molar-refractivity contribution in [1.29, 1.82) is 0 Å². The van der Waals surface area contributed by atoms with E-state index >= 15 is 0 Å². The van der Waals surface area contributed by atoms with Crippen molar-refractivity contribution in [1.82, 2.24) is 10.2 Å².